The fourth-order valence-electron chi connectivity index (χ4n) is 1.84. The van der Waals surface area contributed by atoms with Crippen molar-refractivity contribution in [2.75, 3.05) is 6.54 Å². The number of aliphatic hydroxyl groups is 1. The molecule has 1 fully saturated rings. The van der Waals surface area contributed by atoms with Gasteiger partial charge in [0.05, 0.1) is 14.9 Å². The van der Waals surface area contributed by atoms with Crippen LogP contribution in [0.5, 0.6) is 0 Å². The van der Waals surface area contributed by atoms with Crippen molar-refractivity contribution in [2.24, 2.45) is 0 Å². The van der Waals surface area contributed by atoms with E-state index >= 15 is 0 Å². The van der Waals surface area contributed by atoms with Crippen LogP contribution in [0, 0.1) is 0 Å². The first-order valence-electron chi connectivity index (χ1n) is 5.11. The Morgan fingerprint density at radius 3 is 2.68 bits per heavy atom. The van der Waals surface area contributed by atoms with E-state index in [0.717, 1.165) is 15.6 Å². The number of β-amino-alcohol motifs (C(OH)–C–C–N with tert-alkyl or cyclic N) is 1. The highest BCUT2D eigenvalue weighted by atomic mass is 79.9. The Labute approximate surface area is 126 Å². The van der Waals surface area contributed by atoms with E-state index in [9.17, 15) is 18.3 Å². The largest absolute Gasteiger partial charge is 0.480 e. The van der Waals surface area contributed by atoms with Crippen LogP contribution in [0.25, 0.3) is 0 Å². The third kappa shape index (κ3) is 2.81. The minimum Gasteiger partial charge on any atom is -0.480 e. The third-order valence-corrected chi connectivity index (χ3v) is 7.50. The number of carboxylic acid groups (broad SMARTS) is 1. The number of thiophene rings is 1. The third-order valence-electron chi connectivity index (χ3n) is 2.70. The van der Waals surface area contributed by atoms with Crippen molar-refractivity contribution >= 4 is 54.9 Å². The average Bonchev–Trinajstić information content (AvgIpc) is 2.84. The molecule has 1 aliphatic rings. The minimum absolute atomic E-state index is 0.0512. The quantitative estimate of drug-likeness (QED) is 0.813. The van der Waals surface area contributed by atoms with E-state index in [1.165, 1.54) is 6.07 Å². The van der Waals surface area contributed by atoms with Gasteiger partial charge in [-0.2, -0.15) is 4.31 Å². The second-order valence-electron chi connectivity index (χ2n) is 4.01. The van der Waals surface area contributed by atoms with Crippen molar-refractivity contribution < 1.29 is 23.4 Å². The Morgan fingerprint density at radius 1 is 1.58 bits per heavy atom. The normalized spacial score (nSPS) is 24.8. The van der Waals surface area contributed by atoms with Gasteiger partial charge in [0, 0.05) is 13.0 Å². The second-order valence-corrected chi connectivity index (χ2v) is 8.90. The van der Waals surface area contributed by atoms with Crippen molar-refractivity contribution in [1.82, 2.24) is 4.31 Å². The van der Waals surface area contributed by atoms with Crippen LogP contribution in [0.3, 0.4) is 0 Å². The summed E-state index contributed by atoms with van der Waals surface area (Å²) in [7, 11) is -3.97. The van der Waals surface area contributed by atoms with Crippen molar-refractivity contribution in [3.8, 4) is 0 Å². The Bertz CT molecular complexity index is 597. The summed E-state index contributed by atoms with van der Waals surface area (Å²) in [5, 5.41) is 18.8. The van der Waals surface area contributed by atoms with Gasteiger partial charge in [0.15, 0.2) is 0 Å². The highest BCUT2D eigenvalue weighted by Crippen LogP contribution is 2.37. The molecule has 6 nitrogen and oxygen atoms in total. The van der Waals surface area contributed by atoms with Gasteiger partial charge < -0.3 is 10.2 Å². The second kappa shape index (κ2) is 5.30. The molecule has 1 aromatic heterocycles. The van der Waals surface area contributed by atoms with Crippen molar-refractivity contribution in [3.63, 3.8) is 0 Å². The van der Waals surface area contributed by atoms with Crippen LogP contribution in [0.15, 0.2) is 14.1 Å². The Hall–Kier alpha value is -0.190. The molecule has 10 heteroatoms. The zero-order chi connectivity index (χ0) is 14.4. The van der Waals surface area contributed by atoms with E-state index in [-0.39, 0.29) is 22.2 Å². The molecule has 0 aliphatic carbocycles. The zero-order valence-corrected chi connectivity index (χ0v) is 13.3. The molecule has 0 radical (unpaired) electrons. The molecule has 0 aromatic carbocycles. The van der Waals surface area contributed by atoms with Gasteiger partial charge in [-0.05, 0) is 22.0 Å². The van der Waals surface area contributed by atoms with Crippen LogP contribution in [-0.4, -0.2) is 47.6 Å². The summed E-state index contributed by atoms with van der Waals surface area (Å²) in [6.45, 7) is -0.230. The molecule has 0 unspecified atom stereocenters. The van der Waals surface area contributed by atoms with Crippen LogP contribution in [0.2, 0.25) is 5.02 Å². The number of sulfonamides is 1. The molecular weight excluding hydrogens is 382 g/mol. The maximum Gasteiger partial charge on any atom is 0.322 e. The average molecular weight is 391 g/mol. The molecule has 0 amide bonds. The van der Waals surface area contributed by atoms with Crippen molar-refractivity contribution in [1.29, 1.82) is 0 Å². The van der Waals surface area contributed by atoms with E-state index in [1.54, 1.807) is 0 Å². The van der Waals surface area contributed by atoms with Crippen LogP contribution in [0.4, 0.5) is 0 Å². The Kier molecular flexibility index (Phi) is 4.24. The number of nitrogens with zero attached hydrogens (tertiary/aromatic N) is 1. The number of carboxylic acids is 1. The SMILES string of the molecule is O=C(O)[C@@H]1C[C@@H](O)CN1S(=O)(=O)c1cc(Cl)c(Br)s1. The zero-order valence-electron chi connectivity index (χ0n) is 9.29. The number of halogens is 2. The summed E-state index contributed by atoms with van der Waals surface area (Å²) in [6.07, 6.45) is -1.09. The summed E-state index contributed by atoms with van der Waals surface area (Å²) in [5.74, 6) is -1.28. The van der Waals surface area contributed by atoms with Gasteiger partial charge in [0.1, 0.15) is 10.3 Å². The Balaban J connectivity index is 2.41. The van der Waals surface area contributed by atoms with Crippen LogP contribution >= 0.6 is 38.9 Å². The fraction of sp³-hybridized carbons (Fsp3) is 0.444. The summed E-state index contributed by atoms with van der Waals surface area (Å²) in [5.41, 5.74) is 0. The van der Waals surface area contributed by atoms with Crippen LogP contribution in [-0.2, 0) is 14.8 Å². The van der Waals surface area contributed by atoms with Crippen LogP contribution in [0.1, 0.15) is 6.42 Å². The molecule has 0 bridgehead atoms. The summed E-state index contributed by atoms with van der Waals surface area (Å²) in [6, 6.07) is 0.00885. The van der Waals surface area contributed by atoms with Gasteiger partial charge >= 0.3 is 5.97 Å². The lowest BCUT2D eigenvalue weighted by Crippen LogP contribution is -2.40. The van der Waals surface area contributed by atoms with Gasteiger partial charge in [0.2, 0.25) is 0 Å². The standard InChI is InChI=1S/C9H9BrClNO5S2/c10-8-5(11)2-7(18-8)19(16,17)12-3-4(13)1-6(12)9(14)15/h2,4,6,13H,1,3H2,(H,14,15)/t4-,6+/m1/s1. The molecule has 1 saturated heterocycles. The van der Waals surface area contributed by atoms with Crippen molar-refractivity contribution in [3.05, 3.63) is 14.9 Å². The van der Waals surface area contributed by atoms with Gasteiger partial charge in [-0.15, -0.1) is 11.3 Å². The van der Waals surface area contributed by atoms with E-state index in [4.69, 9.17) is 16.7 Å². The molecule has 2 heterocycles. The molecular formula is C9H9BrClNO5S2. The van der Waals surface area contributed by atoms with Gasteiger partial charge in [-0.25, -0.2) is 8.42 Å². The van der Waals surface area contributed by atoms with Gasteiger partial charge in [-0.1, -0.05) is 11.6 Å². The summed E-state index contributed by atoms with van der Waals surface area (Å²) < 4.78 is 25.9. The lowest BCUT2D eigenvalue weighted by molar-refractivity contribution is -0.140. The smallest absolute Gasteiger partial charge is 0.322 e. The number of aliphatic hydroxyl groups excluding tert-OH is 1. The lowest BCUT2D eigenvalue weighted by atomic mass is 10.2. The molecule has 19 heavy (non-hydrogen) atoms. The maximum absolute atomic E-state index is 12.3. The fourth-order valence-corrected chi connectivity index (χ4v) is 6.00. The highest BCUT2D eigenvalue weighted by molar-refractivity contribution is 9.11. The summed E-state index contributed by atoms with van der Waals surface area (Å²) in [4.78, 5) is 11.1. The Morgan fingerprint density at radius 2 is 2.21 bits per heavy atom. The summed E-state index contributed by atoms with van der Waals surface area (Å²) >= 11 is 9.80. The first kappa shape index (κ1) is 15.2. The maximum atomic E-state index is 12.3. The number of rotatable bonds is 3. The van der Waals surface area contributed by atoms with Gasteiger partial charge in [-0.3, -0.25) is 4.79 Å². The molecule has 2 atom stereocenters. The van der Waals surface area contributed by atoms with E-state index in [2.05, 4.69) is 15.9 Å². The first-order chi connectivity index (χ1) is 8.73. The number of carbonyl (C=O) groups is 1. The minimum atomic E-state index is -3.97. The molecule has 0 saturated carbocycles. The predicted molar refractivity (Wildman–Crippen MR) is 73.0 cm³/mol. The van der Waals surface area contributed by atoms with Crippen LogP contribution < -0.4 is 0 Å². The molecule has 2 rings (SSSR count). The van der Waals surface area contributed by atoms with E-state index in [0.29, 0.717) is 3.79 Å². The van der Waals surface area contributed by atoms with Gasteiger partial charge in [0.25, 0.3) is 10.0 Å². The molecule has 106 valence electrons. The highest BCUT2D eigenvalue weighted by Gasteiger charge is 2.44. The van der Waals surface area contributed by atoms with Crippen molar-refractivity contribution in [2.45, 2.75) is 22.8 Å². The number of hydrogen-bond acceptors (Lipinski definition) is 5. The topological polar surface area (TPSA) is 94.9 Å². The van der Waals surface area contributed by atoms with E-state index in [1.807, 2.05) is 0 Å². The monoisotopic (exact) mass is 389 g/mol. The molecule has 1 aliphatic heterocycles. The predicted octanol–water partition coefficient (Wildman–Crippen LogP) is 1.37. The molecule has 0 spiro atoms. The number of hydrogen-bond donors (Lipinski definition) is 2. The molecule has 2 N–H and O–H groups in total. The molecule has 1 aromatic rings. The van der Waals surface area contributed by atoms with E-state index < -0.39 is 28.1 Å². The first-order valence-corrected chi connectivity index (χ1v) is 8.53. The number of aliphatic carboxylic acids is 1. The lowest BCUT2D eigenvalue weighted by Gasteiger charge is -2.19.